The smallest absolute Gasteiger partial charge is 0.306 e. The van der Waals surface area contributed by atoms with E-state index in [0.29, 0.717) is 12.8 Å². The Morgan fingerprint density at radius 2 is 1.26 bits per heavy atom. The van der Waals surface area contributed by atoms with Gasteiger partial charge in [0.2, 0.25) is 0 Å². The Morgan fingerprint density at radius 3 is 1.74 bits per heavy atom. The van der Waals surface area contributed by atoms with Crippen LogP contribution in [0, 0.1) is 0 Å². The molecule has 19 heavy (non-hydrogen) atoms. The molecule has 2 atom stereocenters. The molecule has 0 N–H and O–H groups in total. The topological polar surface area (TPSA) is 52.6 Å². The maximum absolute atomic E-state index is 11.7. The molecular formula is C15H22O4. The summed E-state index contributed by atoms with van der Waals surface area (Å²) < 4.78 is 10.9. The first kappa shape index (κ1) is 14.1. The highest BCUT2D eigenvalue weighted by Crippen LogP contribution is 2.26. The number of carbonyl (C=O) groups is 2. The molecule has 0 aromatic rings. The Balaban J connectivity index is 1.94. The molecule has 0 aromatic carbocycles. The molecule has 1 fully saturated rings. The van der Waals surface area contributed by atoms with Crippen LogP contribution >= 0.6 is 0 Å². The maximum Gasteiger partial charge on any atom is 0.306 e. The highest BCUT2D eigenvalue weighted by atomic mass is 16.6. The molecule has 0 unspecified atom stereocenters. The van der Waals surface area contributed by atoms with Crippen LogP contribution in [-0.2, 0) is 19.1 Å². The normalized spacial score (nSPS) is 31.8. The van der Waals surface area contributed by atoms with Gasteiger partial charge >= 0.3 is 11.9 Å². The van der Waals surface area contributed by atoms with Gasteiger partial charge < -0.3 is 9.47 Å². The summed E-state index contributed by atoms with van der Waals surface area (Å²) in [6, 6.07) is 0. The van der Waals surface area contributed by atoms with Crippen molar-refractivity contribution in [1.82, 2.24) is 0 Å². The fourth-order valence-electron chi connectivity index (χ4n) is 2.58. The molecule has 0 aromatic heterocycles. The Labute approximate surface area is 114 Å². The zero-order valence-corrected chi connectivity index (χ0v) is 11.3. The molecule has 1 aliphatic heterocycles. The van der Waals surface area contributed by atoms with Crippen LogP contribution in [0.2, 0.25) is 0 Å². The molecule has 0 amide bonds. The molecule has 106 valence electrons. The van der Waals surface area contributed by atoms with Gasteiger partial charge in [-0.05, 0) is 44.9 Å². The van der Waals surface area contributed by atoms with Crippen molar-refractivity contribution in [2.75, 3.05) is 0 Å². The van der Waals surface area contributed by atoms with Crippen molar-refractivity contribution in [1.29, 1.82) is 0 Å². The Hall–Kier alpha value is -1.32. The summed E-state index contributed by atoms with van der Waals surface area (Å²) in [4.78, 5) is 23.4. The first-order valence-electron chi connectivity index (χ1n) is 7.29. The largest absolute Gasteiger partial charge is 0.458 e. The van der Waals surface area contributed by atoms with Crippen LogP contribution in [0.1, 0.15) is 57.8 Å². The lowest BCUT2D eigenvalue weighted by molar-refractivity contribution is -0.165. The Morgan fingerprint density at radius 1 is 0.789 bits per heavy atom. The number of allylic oxidation sites excluding steroid dienone is 2. The van der Waals surface area contributed by atoms with Crippen LogP contribution in [0.5, 0.6) is 0 Å². The molecule has 2 rings (SSSR count). The number of esters is 2. The second-order valence-electron chi connectivity index (χ2n) is 5.24. The van der Waals surface area contributed by atoms with E-state index < -0.39 is 0 Å². The predicted molar refractivity (Wildman–Crippen MR) is 70.5 cm³/mol. The highest BCUT2D eigenvalue weighted by molar-refractivity contribution is 5.70. The van der Waals surface area contributed by atoms with Crippen molar-refractivity contribution in [2.24, 2.45) is 0 Å². The molecule has 1 aliphatic carbocycles. The van der Waals surface area contributed by atoms with Crippen LogP contribution in [0.3, 0.4) is 0 Å². The van der Waals surface area contributed by atoms with E-state index in [1.165, 1.54) is 0 Å². The van der Waals surface area contributed by atoms with Gasteiger partial charge in [-0.3, -0.25) is 9.59 Å². The summed E-state index contributed by atoms with van der Waals surface area (Å²) >= 11 is 0. The van der Waals surface area contributed by atoms with E-state index in [4.69, 9.17) is 9.47 Å². The van der Waals surface area contributed by atoms with Crippen molar-refractivity contribution in [3.8, 4) is 0 Å². The molecule has 2 aliphatic rings. The molecule has 4 heteroatoms. The lowest BCUT2D eigenvalue weighted by atomic mass is 10.1. The zero-order valence-electron chi connectivity index (χ0n) is 11.3. The lowest BCUT2D eigenvalue weighted by Gasteiger charge is -2.20. The van der Waals surface area contributed by atoms with E-state index in [-0.39, 0.29) is 24.1 Å². The minimum atomic E-state index is -0.227. The van der Waals surface area contributed by atoms with Gasteiger partial charge in [-0.2, -0.15) is 0 Å². The lowest BCUT2D eigenvalue weighted by Crippen LogP contribution is -2.30. The third kappa shape index (κ3) is 4.69. The standard InChI is InChI=1S/C15H22O4/c16-14-10-5-3-1-2-4-6-11-15(17)19-13-9-7-8-12(13)18-14/h1-2,12-13H,3-11H2/b2-1-/t12-,13-/m0/s1. The average molecular weight is 266 g/mol. The average Bonchev–Trinajstić information content (AvgIpc) is 2.79. The van der Waals surface area contributed by atoms with Crippen LogP contribution in [0.15, 0.2) is 12.2 Å². The van der Waals surface area contributed by atoms with E-state index in [0.717, 1.165) is 44.9 Å². The summed E-state index contributed by atoms with van der Waals surface area (Å²) in [6.45, 7) is 0. The van der Waals surface area contributed by atoms with E-state index in [1.807, 2.05) is 0 Å². The summed E-state index contributed by atoms with van der Waals surface area (Å²) in [5, 5.41) is 0. The fourth-order valence-corrected chi connectivity index (χ4v) is 2.58. The summed E-state index contributed by atoms with van der Waals surface area (Å²) in [5.74, 6) is -0.336. The molecule has 1 saturated carbocycles. The van der Waals surface area contributed by atoms with Crippen molar-refractivity contribution in [3.05, 3.63) is 12.2 Å². The van der Waals surface area contributed by atoms with E-state index in [1.54, 1.807) is 0 Å². The third-order valence-corrected chi connectivity index (χ3v) is 3.63. The van der Waals surface area contributed by atoms with Crippen LogP contribution < -0.4 is 0 Å². The van der Waals surface area contributed by atoms with Crippen molar-refractivity contribution < 1.29 is 19.1 Å². The summed E-state index contributed by atoms with van der Waals surface area (Å²) in [6.07, 6.45) is 10.6. The molecule has 4 nitrogen and oxygen atoms in total. The monoisotopic (exact) mass is 266 g/mol. The highest BCUT2D eigenvalue weighted by Gasteiger charge is 2.33. The van der Waals surface area contributed by atoms with Gasteiger partial charge in [0.15, 0.2) is 0 Å². The maximum atomic E-state index is 11.7. The fraction of sp³-hybridized carbons (Fsp3) is 0.733. The van der Waals surface area contributed by atoms with Crippen LogP contribution in [0.25, 0.3) is 0 Å². The van der Waals surface area contributed by atoms with E-state index >= 15 is 0 Å². The number of rotatable bonds is 0. The van der Waals surface area contributed by atoms with Crippen LogP contribution in [0.4, 0.5) is 0 Å². The van der Waals surface area contributed by atoms with Gasteiger partial charge in [-0.15, -0.1) is 0 Å². The second-order valence-corrected chi connectivity index (χ2v) is 5.24. The van der Waals surface area contributed by atoms with Gasteiger partial charge in [0.05, 0.1) is 0 Å². The summed E-state index contributed by atoms with van der Waals surface area (Å²) in [5.41, 5.74) is 0. The number of hydrogen-bond donors (Lipinski definition) is 0. The van der Waals surface area contributed by atoms with Crippen LogP contribution in [-0.4, -0.2) is 24.1 Å². The van der Waals surface area contributed by atoms with Gasteiger partial charge in [0.25, 0.3) is 0 Å². The first-order chi connectivity index (χ1) is 9.25. The van der Waals surface area contributed by atoms with Gasteiger partial charge in [0, 0.05) is 12.8 Å². The van der Waals surface area contributed by atoms with E-state index in [2.05, 4.69) is 12.2 Å². The number of hydrogen-bond acceptors (Lipinski definition) is 4. The second kappa shape index (κ2) is 7.31. The van der Waals surface area contributed by atoms with E-state index in [9.17, 15) is 9.59 Å². The van der Waals surface area contributed by atoms with Crippen molar-refractivity contribution >= 4 is 11.9 Å². The van der Waals surface area contributed by atoms with Crippen molar-refractivity contribution in [2.45, 2.75) is 70.0 Å². The molecule has 0 saturated heterocycles. The molecule has 0 spiro atoms. The number of carbonyl (C=O) groups excluding carboxylic acids is 2. The third-order valence-electron chi connectivity index (χ3n) is 3.63. The number of fused-ring (bicyclic) bond motifs is 1. The number of ether oxygens (including phenoxy) is 2. The Kier molecular flexibility index (Phi) is 5.43. The predicted octanol–water partition coefficient (Wildman–Crippen LogP) is 2.90. The van der Waals surface area contributed by atoms with Crippen molar-refractivity contribution in [3.63, 3.8) is 0 Å². The zero-order chi connectivity index (χ0) is 13.5. The quantitative estimate of drug-likeness (QED) is 0.499. The summed E-state index contributed by atoms with van der Waals surface area (Å²) in [7, 11) is 0. The van der Waals surface area contributed by atoms with Gasteiger partial charge in [-0.25, -0.2) is 0 Å². The SMILES string of the molecule is O=C1CCC/C=C\CCCC(=O)O[C@H]2CCC[C@@H]2O1. The Bertz CT molecular complexity index is 316. The minimum Gasteiger partial charge on any atom is -0.458 e. The minimum absolute atomic E-state index is 0.168. The molecular weight excluding hydrogens is 244 g/mol. The van der Waals surface area contributed by atoms with Gasteiger partial charge in [-0.1, -0.05) is 12.2 Å². The molecule has 0 bridgehead atoms. The molecule has 0 radical (unpaired) electrons. The molecule has 1 heterocycles. The first-order valence-corrected chi connectivity index (χ1v) is 7.29. The van der Waals surface area contributed by atoms with Gasteiger partial charge in [0.1, 0.15) is 12.2 Å².